The van der Waals surface area contributed by atoms with Crippen LogP contribution in [0.15, 0.2) is 24.3 Å². The normalized spacial score (nSPS) is 9.86. The van der Waals surface area contributed by atoms with Crippen molar-refractivity contribution in [3.05, 3.63) is 34.9 Å². The fourth-order valence-corrected chi connectivity index (χ4v) is 1.43. The smallest absolute Gasteiger partial charge is 0.224 e. The van der Waals surface area contributed by atoms with Crippen molar-refractivity contribution in [2.45, 2.75) is 6.42 Å². The van der Waals surface area contributed by atoms with Gasteiger partial charge in [-0.1, -0.05) is 46.3 Å². The lowest BCUT2D eigenvalue weighted by Gasteiger charge is -2.02. The van der Waals surface area contributed by atoms with Gasteiger partial charge in [0.1, 0.15) is 0 Å². The maximum atomic E-state index is 11.3. The summed E-state index contributed by atoms with van der Waals surface area (Å²) in [6, 6.07) is 7.32. The van der Waals surface area contributed by atoms with Gasteiger partial charge in [0, 0.05) is 16.0 Å². The summed E-state index contributed by atoms with van der Waals surface area (Å²) in [7, 11) is 0. The van der Waals surface area contributed by atoms with E-state index < -0.39 is 0 Å². The van der Waals surface area contributed by atoms with E-state index in [0.717, 1.165) is 16.5 Å². The molecule has 0 heterocycles. The molecular formula is C10H11ClINO. The SMILES string of the molecule is O=C(Cc1ccc(Cl)cc1)NCCI. The molecule has 1 aromatic carbocycles. The highest BCUT2D eigenvalue weighted by atomic mass is 127. The number of carbonyl (C=O) groups excluding carboxylic acids is 1. The molecule has 0 atom stereocenters. The van der Waals surface area contributed by atoms with Gasteiger partial charge in [-0.2, -0.15) is 0 Å². The number of hydrogen-bond acceptors (Lipinski definition) is 1. The Labute approximate surface area is 102 Å². The van der Waals surface area contributed by atoms with Crippen molar-refractivity contribution < 1.29 is 4.79 Å². The van der Waals surface area contributed by atoms with Crippen LogP contribution in [0.1, 0.15) is 5.56 Å². The van der Waals surface area contributed by atoms with Crippen molar-refractivity contribution >= 4 is 40.1 Å². The third-order valence-electron chi connectivity index (χ3n) is 1.69. The number of alkyl halides is 1. The zero-order valence-electron chi connectivity index (χ0n) is 7.59. The van der Waals surface area contributed by atoms with Gasteiger partial charge >= 0.3 is 0 Å². The lowest BCUT2D eigenvalue weighted by molar-refractivity contribution is -0.120. The molecule has 0 aliphatic heterocycles. The average Bonchev–Trinajstić information content (AvgIpc) is 2.18. The molecule has 0 unspecified atom stereocenters. The van der Waals surface area contributed by atoms with Gasteiger partial charge in [0.15, 0.2) is 0 Å². The predicted octanol–water partition coefficient (Wildman–Crippen LogP) is 2.43. The molecule has 0 fully saturated rings. The van der Waals surface area contributed by atoms with E-state index in [2.05, 4.69) is 27.9 Å². The van der Waals surface area contributed by atoms with E-state index in [4.69, 9.17) is 11.6 Å². The van der Waals surface area contributed by atoms with E-state index >= 15 is 0 Å². The number of rotatable bonds is 4. The molecule has 4 heteroatoms. The second-order valence-electron chi connectivity index (χ2n) is 2.84. The van der Waals surface area contributed by atoms with Crippen LogP contribution in [0, 0.1) is 0 Å². The molecule has 0 aliphatic rings. The molecule has 1 aromatic rings. The molecule has 14 heavy (non-hydrogen) atoms. The van der Waals surface area contributed by atoms with E-state index in [0.29, 0.717) is 11.4 Å². The Morgan fingerprint density at radius 3 is 2.57 bits per heavy atom. The summed E-state index contributed by atoms with van der Waals surface area (Å²) in [6.45, 7) is 0.729. The third-order valence-corrected chi connectivity index (χ3v) is 2.49. The van der Waals surface area contributed by atoms with E-state index in [9.17, 15) is 4.79 Å². The van der Waals surface area contributed by atoms with E-state index in [-0.39, 0.29) is 5.91 Å². The molecule has 0 saturated carbocycles. The van der Waals surface area contributed by atoms with Crippen LogP contribution in [0.4, 0.5) is 0 Å². The van der Waals surface area contributed by atoms with Crippen LogP contribution in [0.3, 0.4) is 0 Å². The highest BCUT2D eigenvalue weighted by Gasteiger charge is 2.01. The summed E-state index contributed by atoms with van der Waals surface area (Å²) in [5.41, 5.74) is 0.986. The van der Waals surface area contributed by atoms with Gasteiger partial charge in [0.2, 0.25) is 5.91 Å². The lowest BCUT2D eigenvalue weighted by Crippen LogP contribution is -2.26. The number of amides is 1. The third kappa shape index (κ3) is 4.28. The fourth-order valence-electron chi connectivity index (χ4n) is 1.04. The number of nitrogens with one attached hydrogen (secondary N) is 1. The van der Waals surface area contributed by atoms with Crippen molar-refractivity contribution in [2.24, 2.45) is 0 Å². The van der Waals surface area contributed by atoms with Gasteiger partial charge in [-0.3, -0.25) is 4.79 Å². The van der Waals surface area contributed by atoms with E-state index in [1.54, 1.807) is 12.1 Å². The largest absolute Gasteiger partial charge is 0.355 e. The molecule has 76 valence electrons. The van der Waals surface area contributed by atoms with Crippen LogP contribution in [0.5, 0.6) is 0 Å². The van der Waals surface area contributed by atoms with Crippen LogP contribution in [0.25, 0.3) is 0 Å². The maximum Gasteiger partial charge on any atom is 0.224 e. The van der Waals surface area contributed by atoms with E-state index in [1.807, 2.05) is 12.1 Å². The molecule has 0 aliphatic carbocycles. The van der Waals surface area contributed by atoms with Crippen LogP contribution < -0.4 is 5.32 Å². The molecule has 0 bridgehead atoms. The Kier molecular flexibility index (Phi) is 5.25. The summed E-state index contributed by atoms with van der Waals surface area (Å²) >= 11 is 7.95. The molecule has 0 spiro atoms. The summed E-state index contributed by atoms with van der Waals surface area (Å²) in [5.74, 6) is 0.0592. The first kappa shape index (κ1) is 11.8. The summed E-state index contributed by atoms with van der Waals surface area (Å²) < 4.78 is 0.935. The molecule has 0 aromatic heterocycles. The van der Waals surface area contributed by atoms with Crippen molar-refractivity contribution in [3.63, 3.8) is 0 Å². The molecule has 1 N–H and O–H groups in total. The monoisotopic (exact) mass is 323 g/mol. The van der Waals surface area contributed by atoms with Gasteiger partial charge in [-0.05, 0) is 17.7 Å². The minimum Gasteiger partial charge on any atom is -0.355 e. The maximum absolute atomic E-state index is 11.3. The highest BCUT2D eigenvalue weighted by molar-refractivity contribution is 14.1. The first-order chi connectivity index (χ1) is 6.72. The standard InChI is InChI=1S/C10H11ClINO/c11-9-3-1-8(2-4-9)7-10(14)13-6-5-12/h1-4H,5-7H2,(H,13,14). The number of hydrogen-bond donors (Lipinski definition) is 1. The quantitative estimate of drug-likeness (QED) is 0.669. The van der Waals surface area contributed by atoms with Crippen molar-refractivity contribution in [1.29, 1.82) is 0 Å². The topological polar surface area (TPSA) is 29.1 Å². The minimum atomic E-state index is 0.0592. The minimum absolute atomic E-state index is 0.0592. The average molecular weight is 324 g/mol. The number of benzene rings is 1. The van der Waals surface area contributed by atoms with Gasteiger partial charge in [-0.15, -0.1) is 0 Å². The number of carbonyl (C=O) groups is 1. The van der Waals surface area contributed by atoms with E-state index in [1.165, 1.54) is 0 Å². The molecule has 2 nitrogen and oxygen atoms in total. The van der Waals surface area contributed by atoms with Crippen LogP contribution in [0.2, 0.25) is 5.02 Å². The fraction of sp³-hybridized carbons (Fsp3) is 0.300. The van der Waals surface area contributed by atoms with Gasteiger partial charge in [0.05, 0.1) is 6.42 Å². The highest BCUT2D eigenvalue weighted by Crippen LogP contribution is 2.09. The van der Waals surface area contributed by atoms with Crippen molar-refractivity contribution in [3.8, 4) is 0 Å². The second kappa shape index (κ2) is 6.24. The first-order valence-electron chi connectivity index (χ1n) is 4.29. The summed E-state index contributed by atoms with van der Waals surface area (Å²) in [4.78, 5) is 11.3. The van der Waals surface area contributed by atoms with Gasteiger partial charge in [0.25, 0.3) is 0 Å². The first-order valence-corrected chi connectivity index (χ1v) is 6.20. The van der Waals surface area contributed by atoms with Gasteiger partial charge < -0.3 is 5.32 Å². The molecule has 0 saturated heterocycles. The Morgan fingerprint density at radius 2 is 2.00 bits per heavy atom. The molecule has 1 amide bonds. The Hall–Kier alpha value is -0.290. The Balaban J connectivity index is 2.44. The van der Waals surface area contributed by atoms with Crippen LogP contribution in [-0.2, 0) is 11.2 Å². The Bertz CT molecular complexity index is 299. The van der Waals surface area contributed by atoms with Crippen molar-refractivity contribution in [1.82, 2.24) is 5.32 Å². The molecule has 1 rings (SSSR count). The van der Waals surface area contributed by atoms with Crippen LogP contribution >= 0.6 is 34.2 Å². The van der Waals surface area contributed by atoms with Crippen molar-refractivity contribution in [2.75, 3.05) is 11.0 Å². The van der Waals surface area contributed by atoms with Gasteiger partial charge in [-0.25, -0.2) is 0 Å². The molecule has 0 radical (unpaired) electrons. The number of halogens is 2. The predicted molar refractivity (Wildman–Crippen MR) is 67.1 cm³/mol. The summed E-state index contributed by atoms with van der Waals surface area (Å²) in [6.07, 6.45) is 0.424. The lowest BCUT2D eigenvalue weighted by atomic mass is 10.1. The zero-order valence-corrected chi connectivity index (χ0v) is 10.5. The Morgan fingerprint density at radius 1 is 1.36 bits per heavy atom. The summed E-state index contributed by atoms with van der Waals surface area (Å²) in [5, 5.41) is 3.51. The second-order valence-corrected chi connectivity index (χ2v) is 4.36. The van der Waals surface area contributed by atoms with Crippen LogP contribution in [-0.4, -0.2) is 16.9 Å². The zero-order chi connectivity index (χ0) is 10.4. The molecular weight excluding hydrogens is 312 g/mol.